The normalized spacial score (nSPS) is 27.6. The molecule has 0 unspecified atom stereocenters. The molecule has 3 rings (SSSR count). The molecule has 0 spiro atoms. The Morgan fingerprint density at radius 2 is 2.07 bits per heavy atom. The topological polar surface area (TPSA) is 140 Å². The van der Waals surface area contributed by atoms with Crippen LogP contribution in [-0.2, 0) is 19.1 Å². The van der Waals surface area contributed by atoms with Crippen molar-refractivity contribution in [1.29, 1.82) is 5.26 Å². The molecule has 0 bridgehead atoms. The average Bonchev–Trinajstić information content (AvgIpc) is 2.99. The lowest BCUT2D eigenvalue weighted by molar-refractivity contribution is -0.153. The number of nitriles is 1. The van der Waals surface area contributed by atoms with E-state index in [4.69, 9.17) is 16.2 Å². The van der Waals surface area contributed by atoms with Crippen molar-refractivity contribution in [2.45, 2.75) is 24.9 Å². The summed E-state index contributed by atoms with van der Waals surface area (Å²) in [4.78, 5) is 38.8. The molecule has 150 valence electrons. The van der Waals surface area contributed by atoms with E-state index in [0.29, 0.717) is 5.56 Å². The van der Waals surface area contributed by atoms with Crippen molar-refractivity contribution in [3.8, 4) is 6.07 Å². The number of amides is 2. The fourth-order valence-corrected chi connectivity index (χ4v) is 4.67. The highest BCUT2D eigenvalue weighted by Crippen LogP contribution is 2.53. The third kappa shape index (κ3) is 3.27. The van der Waals surface area contributed by atoms with Gasteiger partial charge in [-0.1, -0.05) is 18.2 Å². The molecule has 4 atom stereocenters. The molecule has 0 saturated carbocycles. The van der Waals surface area contributed by atoms with Crippen molar-refractivity contribution < 1.29 is 19.1 Å². The van der Waals surface area contributed by atoms with E-state index in [2.05, 4.69) is 28.7 Å². The summed E-state index contributed by atoms with van der Waals surface area (Å²) in [7, 11) is 0. The van der Waals surface area contributed by atoms with E-state index < -0.39 is 41.2 Å². The zero-order chi connectivity index (χ0) is 21.3. The smallest absolute Gasteiger partial charge is 0.329 e. The lowest BCUT2D eigenvalue weighted by Gasteiger charge is -2.32. The van der Waals surface area contributed by atoms with Gasteiger partial charge in [-0.05, 0) is 53.3 Å². The van der Waals surface area contributed by atoms with Gasteiger partial charge in [0.05, 0.1) is 24.3 Å². The first kappa shape index (κ1) is 20.9. The van der Waals surface area contributed by atoms with Crippen molar-refractivity contribution in [3.05, 3.63) is 57.3 Å². The summed E-state index contributed by atoms with van der Waals surface area (Å²) >= 11 is 2.11. The molecule has 1 fully saturated rings. The quantitative estimate of drug-likeness (QED) is 0.450. The molecule has 0 radical (unpaired) electrons. The van der Waals surface area contributed by atoms with E-state index in [1.54, 1.807) is 25.1 Å². The summed E-state index contributed by atoms with van der Waals surface area (Å²) in [6.07, 6.45) is 4.37. The van der Waals surface area contributed by atoms with Gasteiger partial charge in [0, 0.05) is 15.7 Å². The van der Waals surface area contributed by atoms with Crippen molar-refractivity contribution in [2.75, 3.05) is 6.61 Å². The monoisotopic (exact) mass is 506 g/mol. The highest BCUT2D eigenvalue weighted by atomic mass is 127. The summed E-state index contributed by atoms with van der Waals surface area (Å²) < 4.78 is 6.13. The van der Waals surface area contributed by atoms with E-state index in [-0.39, 0.29) is 12.2 Å². The molecule has 8 nitrogen and oxygen atoms in total. The summed E-state index contributed by atoms with van der Waals surface area (Å²) in [6.45, 7) is 1.71. The van der Waals surface area contributed by atoms with Gasteiger partial charge < -0.3 is 21.1 Å². The van der Waals surface area contributed by atoms with Crippen LogP contribution < -0.4 is 11.5 Å². The van der Waals surface area contributed by atoms with Gasteiger partial charge in [-0.3, -0.25) is 14.4 Å². The van der Waals surface area contributed by atoms with Gasteiger partial charge in [0.15, 0.2) is 5.41 Å². The molecule has 1 saturated heterocycles. The number of carbonyl (C=O) groups is 3. The van der Waals surface area contributed by atoms with Crippen LogP contribution in [-0.4, -0.2) is 41.4 Å². The summed E-state index contributed by atoms with van der Waals surface area (Å²) in [5.41, 5.74) is 10.1. The van der Waals surface area contributed by atoms with Crippen LogP contribution in [0.25, 0.3) is 0 Å². The third-order valence-corrected chi connectivity index (χ3v) is 5.91. The molecule has 0 aliphatic carbocycles. The Kier molecular flexibility index (Phi) is 5.66. The Labute approximate surface area is 181 Å². The highest BCUT2D eigenvalue weighted by molar-refractivity contribution is 14.1. The maximum Gasteiger partial charge on any atom is 0.329 e. The Bertz CT molecular complexity index is 983. The van der Waals surface area contributed by atoms with Crippen LogP contribution in [0.2, 0.25) is 0 Å². The Hall–Kier alpha value is -2.87. The lowest BCUT2D eigenvalue weighted by atomic mass is 9.68. The molecule has 1 aromatic carbocycles. The van der Waals surface area contributed by atoms with Crippen molar-refractivity contribution in [1.82, 2.24) is 4.90 Å². The Morgan fingerprint density at radius 1 is 1.34 bits per heavy atom. The van der Waals surface area contributed by atoms with Crippen LogP contribution in [0.15, 0.2) is 48.2 Å². The van der Waals surface area contributed by atoms with E-state index in [9.17, 15) is 19.6 Å². The fourth-order valence-electron chi connectivity index (χ4n) is 4.11. The molecule has 0 aromatic heterocycles. The molecule has 1 aromatic rings. The third-order valence-electron chi connectivity index (χ3n) is 5.24. The predicted molar refractivity (Wildman–Crippen MR) is 112 cm³/mol. The maximum absolute atomic E-state index is 13.1. The zero-order valence-corrected chi connectivity index (χ0v) is 17.7. The van der Waals surface area contributed by atoms with Gasteiger partial charge in [0.25, 0.3) is 0 Å². The van der Waals surface area contributed by atoms with E-state index >= 15 is 0 Å². The van der Waals surface area contributed by atoms with Crippen molar-refractivity contribution in [3.63, 3.8) is 0 Å². The number of hydrogen-bond acceptors (Lipinski definition) is 6. The van der Waals surface area contributed by atoms with Gasteiger partial charge in [0.1, 0.15) is 6.04 Å². The van der Waals surface area contributed by atoms with Crippen molar-refractivity contribution in [2.24, 2.45) is 16.9 Å². The second-order valence-electron chi connectivity index (χ2n) is 6.78. The number of ether oxygens (including phenoxy) is 1. The zero-order valence-electron chi connectivity index (χ0n) is 15.5. The van der Waals surface area contributed by atoms with Gasteiger partial charge in [-0.2, -0.15) is 5.26 Å². The van der Waals surface area contributed by atoms with Crippen LogP contribution in [0.4, 0.5) is 0 Å². The van der Waals surface area contributed by atoms with Gasteiger partial charge in [-0.25, -0.2) is 0 Å². The van der Waals surface area contributed by atoms with Gasteiger partial charge >= 0.3 is 5.97 Å². The standard InChI is InChI=1S/C20H19IN4O4/c1-2-29-19(28)20(10-22)14-7-6-12(17(23)26)9-25(14)16(18(24)27)15(20)11-4-3-5-13(21)8-11/h3-9,14-16H,2H2,1H3,(H2,23,26)(H2,24,27)/t14-,15-,16-,20+/m1/s1. The largest absolute Gasteiger partial charge is 0.465 e. The summed E-state index contributed by atoms with van der Waals surface area (Å²) in [5, 5.41) is 10.3. The summed E-state index contributed by atoms with van der Waals surface area (Å²) in [5.74, 6) is -3.07. The fraction of sp³-hybridized carbons (Fsp3) is 0.300. The Balaban J connectivity index is 2.30. The van der Waals surface area contributed by atoms with E-state index in [1.165, 1.54) is 23.3 Å². The number of hydrogen-bond donors (Lipinski definition) is 2. The minimum atomic E-state index is -1.74. The van der Waals surface area contributed by atoms with Crippen LogP contribution >= 0.6 is 22.6 Å². The maximum atomic E-state index is 13.1. The number of rotatable bonds is 5. The number of benzene rings is 1. The van der Waals surface area contributed by atoms with Crippen LogP contribution in [0.1, 0.15) is 18.4 Å². The first-order valence-electron chi connectivity index (χ1n) is 8.88. The number of carbonyl (C=O) groups excluding carboxylic acids is 3. The van der Waals surface area contributed by atoms with Crippen LogP contribution in [0, 0.1) is 20.3 Å². The molecular formula is C20H19IN4O4. The van der Waals surface area contributed by atoms with E-state index in [0.717, 1.165) is 3.57 Å². The minimum absolute atomic E-state index is 0.0708. The number of nitrogens with two attached hydrogens (primary N) is 2. The molecule has 29 heavy (non-hydrogen) atoms. The number of fused-ring (bicyclic) bond motifs is 1. The average molecular weight is 506 g/mol. The van der Waals surface area contributed by atoms with Crippen molar-refractivity contribution >= 4 is 40.4 Å². The van der Waals surface area contributed by atoms with E-state index in [1.807, 2.05) is 6.07 Å². The first-order valence-corrected chi connectivity index (χ1v) is 9.96. The lowest BCUT2D eigenvalue weighted by Crippen LogP contribution is -2.45. The van der Waals surface area contributed by atoms with Crippen LogP contribution in [0.5, 0.6) is 0 Å². The second-order valence-corrected chi connectivity index (χ2v) is 8.03. The first-order chi connectivity index (χ1) is 13.8. The minimum Gasteiger partial charge on any atom is -0.465 e. The molecular weight excluding hydrogens is 487 g/mol. The molecule has 9 heteroatoms. The number of primary amides is 2. The highest BCUT2D eigenvalue weighted by Gasteiger charge is 2.66. The second kappa shape index (κ2) is 7.87. The SMILES string of the molecule is CCOC(=O)[C@]1(C#N)[C@H](c2cccc(I)c2)[C@H](C(N)=O)N2C=C(C(N)=O)C=C[C@@H]21. The van der Waals surface area contributed by atoms with Crippen LogP contribution in [0.3, 0.4) is 0 Å². The molecule has 2 aliphatic heterocycles. The summed E-state index contributed by atoms with van der Waals surface area (Å²) in [6, 6.07) is 7.41. The molecule has 4 N–H and O–H groups in total. The molecule has 2 aliphatic rings. The predicted octanol–water partition coefficient (Wildman–Crippen LogP) is 0.925. The van der Waals surface area contributed by atoms with Gasteiger partial charge in [-0.15, -0.1) is 0 Å². The number of esters is 1. The number of halogens is 1. The van der Waals surface area contributed by atoms with Gasteiger partial charge in [0.2, 0.25) is 11.8 Å². The Morgan fingerprint density at radius 3 is 2.62 bits per heavy atom. The molecule has 2 heterocycles. The number of nitrogens with zero attached hydrogens (tertiary/aromatic N) is 2. The molecule has 2 amide bonds.